The van der Waals surface area contributed by atoms with Gasteiger partial charge in [0.25, 0.3) is 0 Å². The van der Waals surface area contributed by atoms with E-state index in [0.29, 0.717) is 34.8 Å². The number of nitrogens with zero attached hydrogens (tertiary/aromatic N) is 2. The summed E-state index contributed by atoms with van der Waals surface area (Å²) in [5.41, 5.74) is 11.4. The molecule has 4 aromatic rings. The minimum absolute atomic E-state index is 0.0650. The molecule has 1 saturated carbocycles. The zero-order valence-corrected chi connectivity index (χ0v) is 24.0. The number of aromatic amines is 1. The van der Waals surface area contributed by atoms with Crippen LogP contribution < -0.4 is 11.1 Å². The van der Waals surface area contributed by atoms with E-state index in [1.54, 1.807) is 12.3 Å². The summed E-state index contributed by atoms with van der Waals surface area (Å²) >= 11 is 11.3. The van der Waals surface area contributed by atoms with E-state index >= 15 is 0 Å². The molecule has 1 amide bonds. The largest absolute Gasteiger partial charge is 0.354 e. The van der Waals surface area contributed by atoms with Crippen molar-refractivity contribution in [2.45, 2.75) is 45.6 Å². The summed E-state index contributed by atoms with van der Waals surface area (Å²) in [5, 5.41) is 12.0. The molecule has 8 heteroatoms. The Balaban J connectivity index is 0.000000333. The van der Waals surface area contributed by atoms with E-state index in [9.17, 15) is 4.79 Å². The molecule has 3 unspecified atom stereocenters. The highest BCUT2D eigenvalue weighted by atomic mass is 35.5. The van der Waals surface area contributed by atoms with Crippen LogP contribution in [0.3, 0.4) is 0 Å². The fraction of sp³-hybridized carbons (Fsp3) is 0.323. The lowest BCUT2D eigenvalue weighted by Crippen LogP contribution is -2.51. The molecule has 2 aromatic heterocycles. The van der Waals surface area contributed by atoms with Crippen molar-refractivity contribution in [2.24, 2.45) is 17.1 Å². The Morgan fingerprint density at radius 2 is 1.87 bits per heavy atom. The number of aromatic nitrogens is 3. The van der Waals surface area contributed by atoms with E-state index in [0.717, 1.165) is 34.5 Å². The number of pyridine rings is 1. The van der Waals surface area contributed by atoms with Gasteiger partial charge in [0.15, 0.2) is 0 Å². The number of halogens is 2. The molecule has 204 valence electrons. The van der Waals surface area contributed by atoms with E-state index in [4.69, 9.17) is 28.9 Å². The van der Waals surface area contributed by atoms with Gasteiger partial charge in [-0.1, -0.05) is 73.4 Å². The lowest BCUT2D eigenvalue weighted by atomic mass is 9.53. The first-order valence-electron chi connectivity index (χ1n) is 13.1. The van der Waals surface area contributed by atoms with Crippen LogP contribution in [0.5, 0.6) is 0 Å². The van der Waals surface area contributed by atoms with Gasteiger partial charge in [-0.25, -0.2) is 0 Å². The van der Waals surface area contributed by atoms with E-state index < -0.39 is 6.04 Å². The minimum atomic E-state index is -0.527. The third kappa shape index (κ3) is 7.27. The van der Waals surface area contributed by atoms with Crippen LogP contribution >= 0.6 is 23.2 Å². The molecule has 0 aliphatic heterocycles. The number of H-pyrrole nitrogens is 1. The normalized spacial score (nSPS) is 18.3. The summed E-state index contributed by atoms with van der Waals surface area (Å²) in [5.74, 6) is 0.703. The molecule has 3 atom stereocenters. The summed E-state index contributed by atoms with van der Waals surface area (Å²) < 4.78 is 0. The van der Waals surface area contributed by atoms with Crippen LogP contribution in [-0.2, 0) is 11.2 Å². The predicted molar refractivity (Wildman–Crippen MR) is 159 cm³/mol. The number of nitrogens with two attached hydrogens (primary N) is 1. The molecule has 0 bridgehead atoms. The van der Waals surface area contributed by atoms with Crippen LogP contribution in [0.2, 0.25) is 10.0 Å². The standard InChI is InChI=1S/C24H29N5O.C7H6Cl2/c1-24(2)18(15-27-23(30)20(25)11-16-7-4-3-5-8-16)12-19(24)22-13-21(28-29-22)17-9-6-10-26-14-17;1-5-2-3-6(8)7(9)4-5/h3-10,13-14,18-20H,11-12,15,25H2,1-2H3,(H,27,30)(H,28,29);2-4H,1H3. The van der Waals surface area contributed by atoms with Gasteiger partial charge < -0.3 is 11.1 Å². The van der Waals surface area contributed by atoms with Gasteiger partial charge >= 0.3 is 0 Å². The smallest absolute Gasteiger partial charge is 0.237 e. The molecule has 0 spiro atoms. The summed E-state index contributed by atoms with van der Waals surface area (Å²) in [6, 6.07) is 21.0. The lowest BCUT2D eigenvalue weighted by molar-refractivity contribution is -0.123. The van der Waals surface area contributed by atoms with Crippen molar-refractivity contribution in [3.63, 3.8) is 0 Å². The Morgan fingerprint density at radius 3 is 2.51 bits per heavy atom. The average Bonchev–Trinajstić information content (AvgIpc) is 3.41. The Labute approximate surface area is 240 Å². The number of amides is 1. The second-order valence-electron chi connectivity index (χ2n) is 10.7. The number of carbonyl (C=O) groups is 1. The molecule has 1 aliphatic rings. The van der Waals surface area contributed by atoms with Crippen molar-refractivity contribution in [3.05, 3.63) is 106 Å². The lowest BCUT2D eigenvalue weighted by Gasteiger charge is -2.52. The number of rotatable bonds is 7. The van der Waals surface area contributed by atoms with Crippen LogP contribution in [0, 0.1) is 18.3 Å². The first kappa shape index (κ1) is 28.8. The van der Waals surface area contributed by atoms with Crippen LogP contribution in [0.15, 0.2) is 79.1 Å². The van der Waals surface area contributed by atoms with E-state index in [1.165, 1.54) is 0 Å². The monoisotopic (exact) mass is 563 g/mol. The SMILES string of the molecule is CC1(C)C(CNC(=O)C(N)Cc2ccccc2)CC1c1cc(-c2cccnc2)n[nH]1.Cc1ccc(Cl)c(Cl)c1. The third-order valence-electron chi connectivity index (χ3n) is 7.63. The quantitative estimate of drug-likeness (QED) is 0.236. The Kier molecular flexibility index (Phi) is 9.44. The Bertz CT molecular complexity index is 1370. The van der Waals surface area contributed by atoms with Crippen molar-refractivity contribution in [1.29, 1.82) is 0 Å². The number of carbonyl (C=O) groups excluding carboxylic acids is 1. The number of nitrogens with one attached hydrogen (secondary N) is 2. The topological polar surface area (TPSA) is 96.7 Å². The molecule has 4 N–H and O–H groups in total. The van der Waals surface area contributed by atoms with E-state index in [-0.39, 0.29) is 11.3 Å². The molecule has 0 radical (unpaired) electrons. The van der Waals surface area contributed by atoms with Gasteiger partial charge in [0, 0.05) is 36.1 Å². The highest BCUT2D eigenvalue weighted by Crippen LogP contribution is 2.56. The third-order valence-corrected chi connectivity index (χ3v) is 8.37. The van der Waals surface area contributed by atoms with Gasteiger partial charge in [-0.15, -0.1) is 0 Å². The zero-order chi connectivity index (χ0) is 28.0. The predicted octanol–water partition coefficient (Wildman–Crippen LogP) is 6.59. The van der Waals surface area contributed by atoms with E-state index in [1.807, 2.05) is 67.7 Å². The number of benzene rings is 2. The fourth-order valence-corrected chi connectivity index (χ4v) is 5.34. The van der Waals surface area contributed by atoms with E-state index in [2.05, 4.69) is 40.4 Å². The van der Waals surface area contributed by atoms with Crippen molar-refractivity contribution in [3.8, 4) is 11.3 Å². The highest BCUT2D eigenvalue weighted by Gasteiger charge is 2.49. The van der Waals surface area contributed by atoms with Gasteiger partial charge in [0.1, 0.15) is 0 Å². The van der Waals surface area contributed by atoms with Crippen molar-refractivity contribution in [2.75, 3.05) is 6.54 Å². The van der Waals surface area contributed by atoms with Crippen LogP contribution in [0.1, 0.15) is 43.0 Å². The highest BCUT2D eigenvalue weighted by molar-refractivity contribution is 6.42. The summed E-state index contributed by atoms with van der Waals surface area (Å²) in [7, 11) is 0. The van der Waals surface area contributed by atoms with Crippen molar-refractivity contribution < 1.29 is 4.79 Å². The maximum atomic E-state index is 12.5. The van der Waals surface area contributed by atoms with Gasteiger partial charge in [-0.2, -0.15) is 5.10 Å². The minimum Gasteiger partial charge on any atom is -0.354 e. The van der Waals surface area contributed by atoms with Gasteiger partial charge in [0.05, 0.1) is 21.8 Å². The molecule has 39 heavy (non-hydrogen) atoms. The molecule has 5 rings (SSSR count). The molecule has 1 aliphatic carbocycles. The average molecular weight is 565 g/mol. The molecule has 1 fully saturated rings. The van der Waals surface area contributed by atoms with Crippen LogP contribution in [-0.4, -0.2) is 33.7 Å². The first-order chi connectivity index (χ1) is 18.6. The fourth-order valence-electron chi connectivity index (χ4n) is 4.98. The Morgan fingerprint density at radius 1 is 1.10 bits per heavy atom. The second kappa shape index (κ2) is 12.8. The number of hydrogen-bond donors (Lipinski definition) is 3. The molecule has 6 nitrogen and oxygen atoms in total. The van der Waals surface area contributed by atoms with Gasteiger partial charge in [-0.3, -0.25) is 14.9 Å². The number of aryl methyl sites for hydroxylation is 1. The van der Waals surface area contributed by atoms with Gasteiger partial charge in [-0.05, 0) is 72.6 Å². The summed E-state index contributed by atoms with van der Waals surface area (Å²) in [6.07, 6.45) is 5.14. The zero-order valence-electron chi connectivity index (χ0n) is 22.5. The maximum Gasteiger partial charge on any atom is 0.237 e. The van der Waals surface area contributed by atoms with Gasteiger partial charge in [0.2, 0.25) is 5.91 Å². The summed E-state index contributed by atoms with van der Waals surface area (Å²) in [4.78, 5) is 16.6. The molecular formula is C31H35Cl2N5O. The molecular weight excluding hydrogens is 529 g/mol. The Hall–Kier alpha value is -3.19. The summed E-state index contributed by atoms with van der Waals surface area (Å²) in [6.45, 7) is 7.13. The number of hydrogen-bond acceptors (Lipinski definition) is 4. The van der Waals surface area contributed by atoms with Crippen LogP contribution in [0.4, 0.5) is 0 Å². The second-order valence-corrected chi connectivity index (χ2v) is 11.5. The molecule has 2 heterocycles. The van der Waals surface area contributed by atoms with Crippen molar-refractivity contribution in [1.82, 2.24) is 20.5 Å². The maximum absolute atomic E-state index is 12.5. The first-order valence-corrected chi connectivity index (χ1v) is 13.8. The van der Waals surface area contributed by atoms with Crippen molar-refractivity contribution >= 4 is 29.1 Å². The van der Waals surface area contributed by atoms with Crippen LogP contribution in [0.25, 0.3) is 11.3 Å². The molecule has 0 saturated heterocycles. The molecule has 2 aromatic carbocycles.